The molecule has 0 aliphatic carbocycles. The molecule has 0 bridgehead atoms. The van der Waals surface area contributed by atoms with E-state index < -0.39 is 59.5 Å². The van der Waals surface area contributed by atoms with E-state index in [1.54, 1.807) is 0 Å². The Bertz CT molecular complexity index is 1140. The lowest BCUT2D eigenvalue weighted by atomic mass is 9.97. The summed E-state index contributed by atoms with van der Waals surface area (Å²) >= 11 is 0. The third kappa shape index (κ3) is 4.59. The molecule has 3 rings (SSSR count). The maximum Gasteiger partial charge on any atom is 0.311 e. The molecule has 12 heteroatoms. The molecule has 176 valence electrons. The molecule has 0 radical (unpaired) electrons. The second-order valence-electron chi connectivity index (χ2n) is 9.02. The average molecular weight is 455 g/mol. The van der Waals surface area contributed by atoms with Crippen LogP contribution in [0.15, 0.2) is 11.1 Å². The fraction of sp³-hybridized carbons (Fsp3) is 0.650. The number of aromatic nitrogens is 4. The number of carbonyl (C=O) groups is 2. The maximum absolute atomic E-state index is 15.7. The molecule has 0 aromatic carbocycles. The molecular formula is C20H28FN5O6. The highest BCUT2D eigenvalue weighted by Gasteiger charge is 2.50. The van der Waals surface area contributed by atoms with Gasteiger partial charge in [0.25, 0.3) is 5.56 Å². The second-order valence-corrected chi connectivity index (χ2v) is 9.02. The van der Waals surface area contributed by atoms with Crippen LogP contribution in [0, 0.1) is 10.8 Å². The number of anilines is 1. The van der Waals surface area contributed by atoms with E-state index in [-0.39, 0.29) is 30.9 Å². The molecule has 1 aliphatic heterocycles. The van der Waals surface area contributed by atoms with Crippen molar-refractivity contribution in [3.8, 4) is 0 Å². The van der Waals surface area contributed by atoms with Gasteiger partial charge in [-0.2, -0.15) is 4.98 Å². The molecule has 2 aromatic rings. The lowest BCUT2D eigenvalue weighted by Crippen LogP contribution is -2.40. The highest BCUT2D eigenvalue weighted by molar-refractivity contribution is 5.76. The number of hydrogen-bond donors (Lipinski definition) is 2. The predicted octanol–water partition coefficient (Wildman–Crippen LogP) is 1.48. The van der Waals surface area contributed by atoms with Crippen molar-refractivity contribution in [2.75, 3.05) is 12.3 Å². The van der Waals surface area contributed by atoms with Gasteiger partial charge in [-0.15, -0.1) is 0 Å². The van der Waals surface area contributed by atoms with Crippen LogP contribution in [0.5, 0.6) is 0 Å². The van der Waals surface area contributed by atoms with Crippen molar-refractivity contribution in [2.24, 2.45) is 10.8 Å². The van der Waals surface area contributed by atoms with Crippen LogP contribution in [0.1, 0.15) is 50.5 Å². The number of nitrogens with two attached hydrogens (primary N) is 1. The van der Waals surface area contributed by atoms with Crippen molar-refractivity contribution < 1.29 is 30.9 Å². The summed E-state index contributed by atoms with van der Waals surface area (Å²) in [5.74, 6) is -1.73. The number of fused-ring (bicyclic) bond motifs is 1. The number of rotatable bonds is 4. The van der Waals surface area contributed by atoms with E-state index in [9.17, 15) is 14.4 Å². The highest BCUT2D eigenvalue weighted by Crippen LogP contribution is 2.36. The fourth-order valence-electron chi connectivity index (χ4n) is 2.96. The first-order chi connectivity index (χ1) is 15.8. The minimum atomic E-state index is -1.96. The lowest BCUT2D eigenvalue weighted by molar-refractivity contribution is -0.168. The van der Waals surface area contributed by atoms with Gasteiger partial charge in [0.1, 0.15) is 12.7 Å². The molecule has 1 fully saturated rings. The van der Waals surface area contributed by atoms with Crippen molar-refractivity contribution in [1.29, 1.82) is 0 Å². The van der Waals surface area contributed by atoms with Crippen molar-refractivity contribution in [2.45, 2.75) is 66.1 Å². The molecule has 32 heavy (non-hydrogen) atoms. The third-order valence-electron chi connectivity index (χ3n) is 4.72. The Kier molecular flexibility index (Phi) is 5.31. The number of H-pyrrole nitrogens is 1. The summed E-state index contributed by atoms with van der Waals surface area (Å²) in [4.78, 5) is 47.2. The Morgan fingerprint density at radius 3 is 2.62 bits per heavy atom. The zero-order chi connectivity index (χ0) is 25.4. The van der Waals surface area contributed by atoms with Crippen molar-refractivity contribution >= 4 is 29.1 Å². The SMILES string of the molecule is [2H]CC(C)(C)C(=O)OC[C@H]1OC(n2cnc3c(=O)[nH]c(N)nc32)[C@H](F)[C@@H]1OC(=O)C(C)(C)C[2H]. The fourth-order valence-corrected chi connectivity index (χ4v) is 2.96. The topological polar surface area (TPSA) is 151 Å². The Morgan fingerprint density at radius 2 is 1.97 bits per heavy atom. The largest absolute Gasteiger partial charge is 0.462 e. The normalized spacial score (nSPS) is 24.8. The third-order valence-corrected chi connectivity index (χ3v) is 4.72. The van der Waals surface area contributed by atoms with Crippen LogP contribution in [-0.4, -0.2) is 56.4 Å². The molecule has 0 amide bonds. The molecule has 4 atom stereocenters. The van der Waals surface area contributed by atoms with Crippen molar-refractivity contribution in [3.63, 3.8) is 0 Å². The zero-order valence-electron chi connectivity index (χ0n) is 20.3. The number of aromatic amines is 1. The van der Waals surface area contributed by atoms with E-state index in [1.165, 1.54) is 27.7 Å². The van der Waals surface area contributed by atoms with Gasteiger partial charge in [-0.05, 0) is 41.5 Å². The molecular weight excluding hydrogens is 425 g/mol. The number of nitrogen functional groups attached to an aromatic ring is 1. The monoisotopic (exact) mass is 455 g/mol. The minimum absolute atomic E-state index is 0.0431. The Labute approximate surface area is 186 Å². The highest BCUT2D eigenvalue weighted by atomic mass is 19.1. The Morgan fingerprint density at radius 1 is 1.31 bits per heavy atom. The number of hydrogen-bond acceptors (Lipinski definition) is 9. The number of carbonyl (C=O) groups excluding carboxylic acids is 2. The van der Waals surface area contributed by atoms with Gasteiger partial charge in [0, 0.05) is 2.74 Å². The van der Waals surface area contributed by atoms with Crippen LogP contribution < -0.4 is 11.3 Å². The standard InChI is InChI=1S/C20H28FN5O6/c1-19(2,3)16(28)30-7-9-12(32-17(29)20(4,5)6)10(21)15(31-9)26-8-23-11-13(26)24-18(22)25-14(11)27/h8-10,12,15H,7H2,1-6H3,(H3,22,24,25,27)/t9-,10-,12-,15?/m1/s1/i1D,4D. The van der Waals surface area contributed by atoms with Crippen LogP contribution in [0.3, 0.4) is 0 Å². The molecule has 11 nitrogen and oxygen atoms in total. The Balaban J connectivity index is 1.92. The molecule has 2 aromatic heterocycles. The minimum Gasteiger partial charge on any atom is -0.462 e. The molecule has 0 saturated carbocycles. The van der Waals surface area contributed by atoms with Gasteiger partial charge < -0.3 is 19.9 Å². The van der Waals surface area contributed by atoms with Crippen LogP contribution in [0.4, 0.5) is 10.3 Å². The van der Waals surface area contributed by atoms with E-state index in [2.05, 4.69) is 15.0 Å². The van der Waals surface area contributed by atoms with Gasteiger partial charge in [-0.25, -0.2) is 9.37 Å². The molecule has 1 aliphatic rings. The summed E-state index contributed by atoms with van der Waals surface area (Å²) in [5.41, 5.74) is 2.52. The van der Waals surface area contributed by atoms with Gasteiger partial charge in [-0.3, -0.25) is 23.9 Å². The first kappa shape index (κ1) is 20.9. The van der Waals surface area contributed by atoms with Crippen LogP contribution in [-0.2, 0) is 23.8 Å². The zero-order valence-corrected chi connectivity index (χ0v) is 18.3. The summed E-state index contributed by atoms with van der Waals surface area (Å²) in [6.45, 7) is 5.03. The molecule has 1 saturated heterocycles. The molecule has 3 heterocycles. The van der Waals surface area contributed by atoms with E-state index in [0.717, 1.165) is 10.9 Å². The van der Waals surface area contributed by atoms with Crippen LogP contribution in [0.25, 0.3) is 11.2 Å². The van der Waals surface area contributed by atoms with Crippen LogP contribution >= 0.6 is 0 Å². The van der Waals surface area contributed by atoms with E-state index in [0.29, 0.717) is 0 Å². The quantitative estimate of drug-likeness (QED) is 0.653. The number of halogens is 1. The summed E-state index contributed by atoms with van der Waals surface area (Å²) in [6, 6.07) is 0. The first-order valence-corrected chi connectivity index (χ1v) is 9.81. The number of ether oxygens (including phenoxy) is 3. The Hall–Kier alpha value is -3.02. The van der Waals surface area contributed by atoms with Crippen LogP contribution in [0.2, 0.25) is 0 Å². The lowest BCUT2D eigenvalue weighted by Gasteiger charge is -2.25. The van der Waals surface area contributed by atoms with Gasteiger partial charge in [0.05, 0.1) is 17.2 Å². The summed E-state index contributed by atoms with van der Waals surface area (Å²) in [7, 11) is 0. The summed E-state index contributed by atoms with van der Waals surface area (Å²) < 4.78 is 48.2. The van der Waals surface area contributed by atoms with Gasteiger partial charge in [-0.1, -0.05) is 0 Å². The number of imidazole rings is 1. The van der Waals surface area contributed by atoms with Gasteiger partial charge in [0.15, 0.2) is 29.7 Å². The number of esters is 2. The average Bonchev–Trinajstić information content (AvgIpc) is 3.33. The van der Waals surface area contributed by atoms with Crippen molar-refractivity contribution in [1.82, 2.24) is 19.5 Å². The summed E-state index contributed by atoms with van der Waals surface area (Å²) in [5, 5.41) is 0. The smallest absolute Gasteiger partial charge is 0.311 e. The number of nitrogens with one attached hydrogen (secondary N) is 1. The molecule has 0 spiro atoms. The maximum atomic E-state index is 15.7. The van der Waals surface area contributed by atoms with E-state index >= 15 is 4.39 Å². The first-order valence-electron chi connectivity index (χ1n) is 11.2. The van der Waals surface area contributed by atoms with E-state index in [4.69, 9.17) is 22.7 Å². The van der Waals surface area contributed by atoms with Gasteiger partial charge in [0.2, 0.25) is 5.95 Å². The van der Waals surface area contributed by atoms with Gasteiger partial charge >= 0.3 is 11.9 Å². The number of alkyl halides is 1. The predicted molar refractivity (Wildman–Crippen MR) is 111 cm³/mol. The molecule has 3 N–H and O–H groups in total. The molecule has 1 unspecified atom stereocenters. The number of nitrogens with zero attached hydrogens (tertiary/aromatic N) is 3. The summed E-state index contributed by atoms with van der Waals surface area (Å²) in [6.07, 6.45) is -4.95. The second kappa shape index (κ2) is 8.15. The van der Waals surface area contributed by atoms with E-state index in [1.807, 2.05) is 0 Å². The van der Waals surface area contributed by atoms with Crippen molar-refractivity contribution in [3.05, 3.63) is 16.7 Å².